The highest BCUT2D eigenvalue weighted by Gasteiger charge is 2.47. The van der Waals surface area contributed by atoms with Crippen LogP contribution in [0.2, 0.25) is 0 Å². The number of hydrogen-bond acceptors (Lipinski definition) is 25. The Morgan fingerprint density at radius 2 is 0.950 bits per heavy atom. The number of imide groups is 4. The van der Waals surface area contributed by atoms with E-state index in [0.29, 0.717) is 48.5 Å². The molecule has 9 N–H and O–H groups in total. The maximum Gasteiger partial charge on any atom is 0.264 e. The van der Waals surface area contributed by atoms with E-state index in [2.05, 4.69) is 132 Å². The Balaban J connectivity index is 0.000000144. The van der Waals surface area contributed by atoms with Crippen molar-refractivity contribution in [3.8, 4) is 0 Å². The summed E-state index contributed by atoms with van der Waals surface area (Å²) < 4.78 is 31.7. The summed E-state index contributed by atoms with van der Waals surface area (Å²) in [6, 6.07) is 59.2. The van der Waals surface area contributed by atoms with Crippen molar-refractivity contribution in [1.29, 1.82) is 0 Å². The van der Waals surface area contributed by atoms with Gasteiger partial charge in [-0.25, -0.2) is 0 Å². The average molecular weight is 1770 g/mol. The molecule has 119 heavy (non-hydrogen) atoms. The average Bonchev–Trinajstić information content (AvgIpc) is 1.60. The van der Waals surface area contributed by atoms with E-state index in [9.17, 15) is 56.4 Å². The topological polar surface area (TPSA) is 412 Å². The van der Waals surface area contributed by atoms with E-state index in [4.69, 9.17) is 20.1 Å². The minimum atomic E-state index is -3.32. The van der Waals surface area contributed by atoms with Gasteiger partial charge in [-0.1, -0.05) is 103 Å². The number of halogens is 2. The molecule has 7 fully saturated rings. The molecule has 32 nitrogen and oxygen atoms in total. The fourth-order valence-electron chi connectivity index (χ4n) is 13.5. The number of aromatic amines is 1. The summed E-state index contributed by atoms with van der Waals surface area (Å²) in [5, 5.41) is 42.7. The van der Waals surface area contributed by atoms with E-state index in [1.807, 2.05) is 119 Å². The maximum atomic E-state index is 13.2. The highest BCUT2D eigenvalue weighted by atomic mass is 127. The van der Waals surface area contributed by atoms with E-state index in [1.165, 1.54) is 45.2 Å². The quantitative estimate of drug-likeness (QED) is 0.0168. The Bertz CT molecular complexity index is 5270. The maximum absolute atomic E-state index is 13.2. The molecule has 2 unspecified atom stereocenters. The van der Waals surface area contributed by atoms with Crippen molar-refractivity contribution in [2.75, 3.05) is 102 Å². The van der Waals surface area contributed by atoms with Crippen LogP contribution in [0.3, 0.4) is 0 Å². The van der Waals surface area contributed by atoms with Gasteiger partial charge in [0.1, 0.15) is 18.2 Å². The summed E-state index contributed by atoms with van der Waals surface area (Å²) in [7, 11) is -3.32. The lowest BCUT2D eigenvalue weighted by Gasteiger charge is -2.41. The number of H-pyrrole nitrogens is 1. The zero-order valence-electron chi connectivity index (χ0n) is 64.6. The first kappa shape index (κ1) is 87.5. The number of nitrogens with two attached hydrogens (primary N) is 1. The number of aldehydes is 2. The number of benzene rings is 7. The van der Waals surface area contributed by atoms with E-state index in [0.717, 1.165) is 92.2 Å². The minimum Gasteiger partial charge on any atom is -0.398 e. The second-order valence-electron chi connectivity index (χ2n) is 28.5. The first-order chi connectivity index (χ1) is 57.0. The van der Waals surface area contributed by atoms with Crippen LogP contribution in [0, 0.1) is 3.57 Å². The largest absolute Gasteiger partial charge is 0.398 e. The number of nitrogen functional groups attached to an aromatic ring is 1. The van der Waals surface area contributed by atoms with Crippen molar-refractivity contribution in [2.45, 2.75) is 74.7 Å². The van der Waals surface area contributed by atoms with Crippen LogP contribution in [0.1, 0.15) is 105 Å². The monoisotopic (exact) mass is 1770 g/mol. The van der Waals surface area contributed by atoms with Crippen molar-refractivity contribution >= 4 is 139 Å². The molecule has 9 aliphatic rings. The number of amides is 8. The smallest absolute Gasteiger partial charge is 0.264 e. The Labute approximate surface area is 705 Å². The van der Waals surface area contributed by atoms with Crippen LogP contribution in [0.15, 0.2) is 225 Å². The summed E-state index contributed by atoms with van der Waals surface area (Å²) in [4.78, 5) is 129. The molecule has 35 heteroatoms. The summed E-state index contributed by atoms with van der Waals surface area (Å²) in [5.41, 5.74) is 14.2. The highest BCUT2D eigenvalue weighted by Crippen LogP contribution is 2.35. The van der Waals surface area contributed by atoms with Crippen LogP contribution < -0.4 is 46.6 Å². The third-order valence-corrected chi connectivity index (χ3v) is 21.3. The number of nitrogens with zero attached hydrogens (tertiary/aromatic N) is 11. The van der Waals surface area contributed by atoms with E-state index < -0.39 is 69.5 Å². The van der Waals surface area contributed by atoms with Crippen molar-refractivity contribution in [3.63, 3.8) is 0 Å². The molecule has 3 aromatic heterocycles. The van der Waals surface area contributed by atoms with Crippen LogP contribution >= 0.6 is 35.0 Å². The van der Waals surface area contributed by atoms with Crippen LogP contribution in [0.4, 0.5) is 34.1 Å². The number of anilines is 6. The first-order valence-corrected chi connectivity index (χ1v) is 40.9. The SMILES string of the molecule is CS(=O)(=O)OC1CN(c2ccccc2)C1.Cl.Ic1ccccc1.Nc1cccc2c1C(=O)N(C1CCC(=O)NC1=O)C2=O.O=C1CCC(N2C(=O)c3cccc(NCc4cnn(C5CN(c6ccccc6)C5)c4)c3C2=O)C(=O)N1.O=Cc1cn[nH]c1.O=Cc1cnn(C2CN(c3ccccc3)C2)c1.OC1CN(c2ccccc2)C1.OC1CNC1. The summed E-state index contributed by atoms with van der Waals surface area (Å²) in [6.45, 7) is 8.51. The molecule has 12 heterocycles. The third kappa shape index (κ3) is 22.9. The number of β-amino-alcohol motifs (C(OH)–C–C–N with tert-alkyl or cyclic N) is 2. The molecule has 8 amide bonds. The van der Waals surface area contributed by atoms with Gasteiger partial charge in [-0.05, 0) is 120 Å². The molecule has 620 valence electrons. The third-order valence-electron chi connectivity index (χ3n) is 20.0. The number of carbonyl (C=O) groups is 10. The standard InChI is InChI=1S/C26H24N6O4.C13H11N3O4.C13H13N3O.C10H13NO3S.C9H11NO.C6H5I.C4H4N2O.C3H7NO.ClH/c33-22-10-9-21(24(34)29-22)32-25(35)19-7-4-8-20(23(19)26(32)36)27-11-16-12-28-31(13-16)18-14-30(15-18)17-5-2-1-3-6-17;14-7-3-1-2-6-10(7)13(20)16(12(6)19)8-4-5-9(17)15-11(8)18;17-10-11-6-14-16(7-11)13-8-15(9-13)12-4-2-1-3-5-12;1-15(12,13)14-10-7-11(8-10)9-5-3-2-4-6-9;11-9-6-10(7-9)8-4-2-1-3-5-8;7-6-4-2-1-3-5-6;7-3-4-1-5-6-2-4;5-3-1-4-2-3;/h1-8,12-13,18,21,27H,9-11,14-15H2,(H,29,33,34);1-3,8H,4-5,14H2,(H,15,17,18);1-7,10,13H,8-9H2;2-6,10H,7-8H2,1H3;1-5,9,11H,6-7H2;1-5H;1-3H,(H,5,6);3-5H,1-2H2;1H. The van der Waals surface area contributed by atoms with Gasteiger partial charge in [0.15, 0.2) is 12.6 Å². The Kier molecular flexibility index (Phi) is 30.3. The number of piperidine rings is 2. The van der Waals surface area contributed by atoms with E-state index >= 15 is 0 Å². The van der Waals surface area contributed by atoms with Gasteiger partial charge >= 0.3 is 0 Å². The number of fused-ring (bicyclic) bond motifs is 2. The fourth-order valence-corrected chi connectivity index (χ4v) is 14.6. The Morgan fingerprint density at radius 3 is 1.34 bits per heavy atom. The summed E-state index contributed by atoms with van der Waals surface area (Å²) in [5.74, 6) is -4.23. The normalized spacial score (nSPS) is 17.9. The van der Waals surface area contributed by atoms with Gasteiger partial charge < -0.3 is 46.2 Å². The van der Waals surface area contributed by atoms with Crippen LogP contribution in [-0.2, 0) is 40.0 Å². The molecule has 0 aliphatic carbocycles. The molecular formula is C84H89ClIN17O15S. The van der Waals surface area contributed by atoms with Crippen LogP contribution in [-0.4, -0.2) is 220 Å². The zero-order valence-corrected chi connectivity index (χ0v) is 68.3. The number of aromatic nitrogens is 6. The van der Waals surface area contributed by atoms with Gasteiger partial charge in [0, 0.05) is 147 Å². The number of aliphatic hydroxyl groups is 2. The van der Waals surface area contributed by atoms with Gasteiger partial charge in [-0.15, -0.1) is 12.4 Å². The Morgan fingerprint density at radius 1 is 0.521 bits per heavy atom. The minimum absolute atomic E-state index is 0. The van der Waals surface area contributed by atoms with Crippen molar-refractivity contribution in [2.24, 2.45) is 0 Å². The second-order valence-corrected chi connectivity index (χ2v) is 31.4. The first-order valence-electron chi connectivity index (χ1n) is 38.0. The van der Waals surface area contributed by atoms with Gasteiger partial charge in [0.05, 0.1) is 82.5 Å². The molecular weight excluding hydrogens is 1680 g/mol. The van der Waals surface area contributed by atoms with Gasteiger partial charge in [0.2, 0.25) is 23.6 Å². The molecule has 2 atom stereocenters. The highest BCUT2D eigenvalue weighted by molar-refractivity contribution is 14.1. The lowest BCUT2D eigenvalue weighted by atomic mass is 10.0. The van der Waals surface area contributed by atoms with Crippen LogP contribution in [0.5, 0.6) is 0 Å². The molecule has 9 aliphatic heterocycles. The molecule has 10 aromatic rings. The van der Waals surface area contributed by atoms with Crippen molar-refractivity contribution in [3.05, 3.63) is 268 Å². The van der Waals surface area contributed by atoms with Crippen molar-refractivity contribution < 1.29 is 70.8 Å². The second kappa shape index (κ2) is 41.2. The van der Waals surface area contributed by atoms with Gasteiger partial charge in [0.25, 0.3) is 33.7 Å². The predicted octanol–water partition coefficient (Wildman–Crippen LogP) is 6.99. The van der Waals surface area contributed by atoms with Crippen molar-refractivity contribution in [1.82, 2.24) is 55.5 Å². The molecule has 19 rings (SSSR count). The summed E-state index contributed by atoms with van der Waals surface area (Å²) >= 11 is 2.28. The molecule has 7 aromatic carbocycles. The van der Waals surface area contributed by atoms with E-state index in [-0.39, 0.29) is 84.3 Å². The van der Waals surface area contributed by atoms with Crippen LogP contribution in [0.25, 0.3) is 0 Å². The molecule has 0 spiro atoms. The number of para-hydroxylation sites is 4. The van der Waals surface area contributed by atoms with Gasteiger partial charge in [-0.2, -0.15) is 23.7 Å². The lowest BCUT2D eigenvalue weighted by molar-refractivity contribution is -0.137. The molecule has 0 bridgehead atoms. The predicted molar refractivity (Wildman–Crippen MR) is 455 cm³/mol. The lowest BCUT2D eigenvalue weighted by Crippen LogP contribution is -2.54. The molecule has 0 saturated carbocycles. The number of hydrogen-bond donors (Lipinski definition) is 8. The zero-order chi connectivity index (χ0) is 83.4. The van der Waals surface area contributed by atoms with E-state index in [1.54, 1.807) is 42.9 Å². The number of aliphatic hydroxyl groups excluding tert-OH is 2. The molecule has 0 radical (unpaired) electrons. The summed E-state index contributed by atoms with van der Waals surface area (Å²) in [6.07, 6.45) is 12.9. The van der Waals surface area contributed by atoms with Gasteiger partial charge in [-0.3, -0.25) is 87.0 Å². The number of rotatable bonds is 15. The number of carbonyl (C=O) groups excluding carboxylic acids is 10. The fraction of sp³-hybridized carbons (Fsp3) is 0.274. The molecule has 7 saturated heterocycles. The Hall–Kier alpha value is -12.3. The number of nitrogens with one attached hydrogen (secondary N) is 5.